The molecule has 1 aliphatic heterocycles. The molecule has 0 spiro atoms. The number of aromatic nitrogens is 4. The predicted molar refractivity (Wildman–Crippen MR) is 94.5 cm³/mol. The highest BCUT2D eigenvalue weighted by Gasteiger charge is 2.39. The normalized spacial score (nSPS) is 21.5. The summed E-state index contributed by atoms with van der Waals surface area (Å²) in [5, 5.41) is 0. The van der Waals surface area contributed by atoms with Gasteiger partial charge in [0.15, 0.2) is 10.6 Å². The van der Waals surface area contributed by atoms with E-state index in [1.54, 1.807) is 28.9 Å². The minimum atomic E-state index is -0.209. The average molecular weight is 391 g/mol. The Hall–Kier alpha value is -1.96. The molecule has 2 aromatic rings. The summed E-state index contributed by atoms with van der Waals surface area (Å²) >= 11 is 3.41. The molecule has 1 amide bonds. The summed E-state index contributed by atoms with van der Waals surface area (Å²) in [4.78, 5) is 29.9. The Balaban J connectivity index is 1.85. The van der Waals surface area contributed by atoms with Crippen LogP contribution in [0.4, 0.5) is 11.5 Å². The lowest BCUT2D eigenvalue weighted by Gasteiger charge is -2.42. The fourth-order valence-electron chi connectivity index (χ4n) is 3.71. The van der Waals surface area contributed by atoms with Crippen molar-refractivity contribution in [3.8, 4) is 5.95 Å². The van der Waals surface area contributed by atoms with Crippen molar-refractivity contribution in [3.05, 3.63) is 23.3 Å². The lowest BCUT2D eigenvalue weighted by atomic mass is 10.1. The maximum absolute atomic E-state index is 12.6. The van der Waals surface area contributed by atoms with Gasteiger partial charge in [0.2, 0.25) is 11.9 Å². The number of hydrogen-bond donors (Lipinski definition) is 0. The van der Waals surface area contributed by atoms with E-state index in [1.165, 1.54) is 12.8 Å². The molecule has 7 nitrogen and oxygen atoms in total. The first-order valence-corrected chi connectivity index (χ1v) is 8.99. The zero-order valence-corrected chi connectivity index (χ0v) is 15.3. The Morgan fingerprint density at radius 3 is 2.67 bits per heavy atom. The van der Waals surface area contributed by atoms with Gasteiger partial charge in [-0.25, -0.2) is 9.97 Å². The number of rotatable bonds is 2. The fraction of sp³-hybridized carbons (Fsp3) is 0.500. The molecule has 1 unspecified atom stereocenters. The molecule has 1 saturated carbocycles. The smallest absolute Gasteiger partial charge is 0.249 e. The molecule has 1 atom stereocenters. The molecule has 2 aliphatic rings. The van der Waals surface area contributed by atoms with Crippen molar-refractivity contribution in [2.24, 2.45) is 0 Å². The van der Waals surface area contributed by atoms with Crippen molar-refractivity contribution in [2.45, 2.75) is 44.7 Å². The molecule has 0 radical (unpaired) electrons. The third-order valence-corrected chi connectivity index (χ3v) is 5.56. The third kappa shape index (κ3) is 2.31. The number of halogens is 1. The molecule has 4 rings (SSSR count). The maximum Gasteiger partial charge on any atom is 0.249 e. The van der Waals surface area contributed by atoms with Crippen LogP contribution in [0.15, 0.2) is 23.3 Å². The van der Waals surface area contributed by atoms with Gasteiger partial charge < -0.3 is 9.80 Å². The predicted octanol–water partition coefficient (Wildman–Crippen LogP) is 2.54. The van der Waals surface area contributed by atoms with Crippen molar-refractivity contribution >= 4 is 33.3 Å². The summed E-state index contributed by atoms with van der Waals surface area (Å²) < 4.78 is 2.44. The second kappa shape index (κ2) is 5.84. The number of hydrogen-bond acceptors (Lipinski definition) is 5. The van der Waals surface area contributed by atoms with Gasteiger partial charge in [-0.3, -0.25) is 9.36 Å². The number of carbonyl (C=O) groups is 1. The summed E-state index contributed by atoms with van der Waals surface area (Å²) in [6.07, 6.45) is 9.86. The van der Waals surface area contributed by atoms with E-state index < -0.39 is 0 Å². The van der Waals surface area contributed by atoms with Crippen LogP contribution in [0.5, 0.6) is 0 Å². The van der Waals surface area contributed by atoms with Gasteiger partial charge >= 0.3 is 0 Å². The van der Waals surface area contributed by atoms with E-state index in [1.807, 2.05) is 13.1 Å². The number of anilines is 2. The van der Waals surface area contributed by atoms with Crippen LogP contribution >= 0.6 is 15.9 Å². The lowest BCUT2D eigenvalue weighted by Crippen LogP contribution is -2.54. The highest BCUT2D eigenvalue weighted by atomic mass is 79.9. The van der Waals surface area contributed by atoms with Gasteiger partial charge in [0, 0.05) is 25.5 Å². The van der Waals surface area contributed by atoms with Crippen molar-refractivity contribution in [3.63, 3.8) is 0 Å². The minimum Gasteiger partial charge on any atom is -0.340 e. The van der Waals surface area contributed by atoms with E-state index in [-0.39, 0.29) is 11.9 Å². The Morgan fingerprint density at radius 1 is 1.25 bits per heavy atom. The van der Waals surface area contributed by atoms with Crippen LogP contribution in [0.1, 0.15) is 32.6 Å². The number of likely N-dealkylation sites (N-methyl/N-ethyl adjacent to an activating group) is 1. The standard InChI is InChI=1S/C16H19BrN6O/c1-10-14(24)21(2)12-9-19-16(22-8-7-18-15(22)17)20-13(12)23(10)11-5-3-4-6-11/h7-11H,3-6H2,1-2H3. The van der Waals surface area contributed by atoms with E-state index in [4.69, 9.17) is 4.98 Å². The van der Waals surface area contributed by atoms with Crippen LogP contribution < -0.4 is 9.80 Å². The van der Waals surface area contributed by atoms with Gasteiger partial charge in [-0.1, -0.05) is 12.8 Å². The first-order valence-electron chi connectivity index (χ1n) is 8.20. The number of fused-ring (bicyclic) bond motifs is 1. The van der Waals surface area contributed by atoms with Crippen LogP contribution in [0.3, 0.4) is 0 Å². The van der Waals surface area contributed by atoms with E-state index in [2.05, 4.69) is 30.8 Å². The van der Waals surface area contributed by atoms with Crippen molar-refractivity contribution in [2.75, 3.05) is 16.8 Å². The van der Waals surface area contributed by atoms with Gasteiger partial charge in [-0.05, 0) is 35.7 Å². The first-order chi connectivity index (χ1) is 11.6. The third-order valence-electron chi connectivity index (χ3n) is 4.98. The van der Waals surface area contributed by atoms with E-state index in [9.17, 15) is 4.79 Å². The second-order valence-electron chi connectivity index (χ2n) is 6.36. The van der Waals surface area contributed by atoms with E-state index in [0.29, 0.717) is 16.7 Å². The van der Waals surface area contributed by atoms with Gasteiger partial charge in [0.1, 0.15) is 11.7 Å². The zero-order valence-electron chi connectivity index (χ0n) is 13.7. The van der Waals surface area contributed by atoms with Crippen molar-refractivity contribution in [1.29, 1.82) is 0 Å². The molecule has 3 heterocycles. The number of carbonyl (C=O) groups excluding carboxylic acids is 1. The van der Waals surface area contributed by atoms with Crippen molar-refractivity contribution in [1.82, 2.24) is 19.5 Å². The highest BCUT2D eigenvalue weighted by Crippen LogP contribution is 2.38. The number of nitrogens with zero attached hydrogens (tertiary/aromatic N) is 6. The molecule has 8 heteroatoms. The molecule has 0 aromatic carbocycles. The molecule has 2 aromatic heterocycles. The van der Waals surface area contributed by atoms with Crippen molar-refractivity contribution < 1.29 is 4.79 Å². The zero-order chi connectivity index (χ0) is 16.8. The fourth-order valence-corrected chi connectivity index (χ4v) is 4.10. The lowest BCUT2D eigenvalue weighted by molar-refractivity contribution is -0.119. The van der Waals surface area contributed by atoms with Crippen LogP contribution in [0.2, 0.25) is 0 Å². The summed E-state index contributed by atoms with van der Waals surface area (Å²) in [6, 6.07) is 0.157. The molecule has 0 bridgehead atoms. The van der Waals surface area contributed by atoms with Crippen LogP contribution in [0, 0.1) is 0 Å². The summed E-state index contributed by atoms with van der Waals surface area (Å²) in [5.74, 6) is 1.48. The largest absolute Gasteiger partial charge is 0.340 e. The monoisotopic (exact) mass is 390 g/mol. The van der Waals surface area contributed by atoms with Gasteiger partial charge in [0.05, 0.1) is 6.20 Å². The van der Waals surface area contributed by atoms with Crippen LogP contribution in [-0.2, 0) is 4.79 Å². The number of imidazole rings is 1. The van der Waals surface area contributed by atoms with Crippen LogP contribution in [0.25, 0.3) is 5.95 Å². The molecular weight excluding hydrogens is 372 g/mol. The molecule has 126 valence electrons. The topological polar surface area (TPSA) is 67.2 Å². The molecule has 1 aliphatic carbocycles. The summed E-state index contributed by atoms with van der Waals surface area (Å²) in [6.45, 7) is 1.97. The van der Waals surface area contributed by atoms with Gasteiger partial charge in [-0.15, -0.1) is 0 Å². The maximum atomic E-state index is 12.6. The second-order valence-corrected chi connectivity index (χ2v) is 7.07. The Morgan fingerprint density at radius 2 is 2.00 bits per heavy atom. The molecular formula is C16H19BrN6O. The first kappa shape index (κ1) is 15.6. The van der Waals surface area contributed by atoms with Gasteiger partial charge in [-0.2, -0.15) is 4.98 Å². The van der Waals surface area contributed by atoms with Gasteiger partial charge in [0.25, 0.3) is 0 Å². The highest BCUT2D eigenvalue weighted by molar-refractivity contribution is 9.10. The summed E-state index contributed by atoms with van der Waals surface area (Å²) in [7, 11) is 1.79. The Bertz CT molecular complexity index is 785. The Labute approximate surface area is 148 Å². The molecule has 0 N–H and O–H groups in total. The Kier molecular flexibility index (Phi) is 3.79. The van der Waals surface area contributed by atoms with E-state index >= 15 is 0 Å². The molecule has 24 heavy (non-hydrogen) atoms. The quantitative estimate of drug-likeness (QED) is 0.787. The molecule has 0 saturated heterocycles. The molecule has 1 fully saturated rings. The summed E-state index contributed by atoms with van der Waals surface area (Å²) in [5.41, 5.74) is 0.769. The van der Waals surface area contributed by atoms with Crippen LogP contribution in [-0.4, -0.2) is 44.6 Å². The SMILES string of the molecule is CC1C(=O)N(C)c2cnc(-n3ccnc3Br)nc2N1C1CCCC1. The minimum absolute atomic E-state index is 0.0922. The average Bonchev–Trinajstić information content (AvgIpc) is 3.24. The number of amides is 1. The van der Waals surface area contributed by atoms with E-state index in [0.717, 1.165) is 24.3 Å².